The molecule has 0 aliphatic carbocycles. The number of aromatic hydroxyl groups is 1. The molecule has 0 saturated carbocycles. The van der Waals surface area contributed by atoms with Gasteiger partial charge in [0.1, 0.15) is 5.75 Å². The Hall–Kier alpha value is -3.70. The number of aromatic nitrogens is 1. The number of thiazole rings is 1. The fourth-order valence-corrected chi connectivity index (χ4v) is 5.32. The number of nitro benzene ring substituents is 1. The van der Waals surface area contributed by atoms with Crippen molar-refractivity contribution < 1.29 is 19.6 Å². The summed E-state index contributed by atoms with van der Waals surface area (Å²) in [5.74, 6) is -0.760. The Labute approximate surface area is 214 Å². The van der Waals surface area contributed by atoms with Gasteiger partial charge >= 0.3 is 5.97 Å². The van der Waals surface area contributed by atoms with Crippen LogP contribution in [0.1, 0.15) is 37.9 Å². The maximum absolute atomic E-state index is 13.6. The van der Waals surface area contributed by atoms with Crippen molar-refractivity contribution in [2.75, 3.05) is 6.26 Å². The molecule has 11 heteroatoms. The summed E-state index contributed by atoms with van der Waals surface area (Å²) in [5.41, 5.74) is 0.886. The number of nitrogens with zero attached hydrogens (tertiary/aromatic N) is 3. The van der Waals surface area contributed by atoms with Crippen LogP contribution in [0.5, 0.6) is 5.75 Å². The fourth-order valence-electron chi connectivity index (χ4n) is 3.87. The zero-order valence-electron chi connectivity index (χ0n) is 19.9. The number of hydrogen-bond donors (Lipinski definition) is 1. The van der Waals surface area contributed by atoms with Crippen LogP contribution < -0.4 is 14.9 Å². The van der Waals surface area contributed by atoms with Gasteiger partial charge in [-0.15, -0.1) is 11.8 Å². The van der Waals surface area contributed by atoms with Gasteiger partial charge in [0.25, 0.3) is 11.2 Å². The molecule has 4 rings (SSSR count). The number of rotatable bonds is 6. The molecule has 9 nitrogen and oxygen atoms in total. The Balaban J connectivity index is 1.95. The van der Waals surface area contributed by atoms with Crippen molar-refractivity contribution in [2.24, 2.45) is 4.99 Å². The van der Waals surface area contributed by atoms with E-state index in [4.69, 9.17) is 4.74 Å². The topological polar surface area (TPSA) is 124 Å². The number of allylic oxidation sites excluding steroid dienone is 1. The minimum atomic E-state index is -0.774. The standard InChI is InChI=1S/C25H23N3O6S2/c1-13(2)34-24(31)21-14(3)26-25-27(22(21)15-5-8-18(35-4)9-6-15)23(30)20(36-25)12-16-11-17(28(32)33)7-10-19(16)29/h5-13,22,29H,1-4H3/b20-12-/t22-/m1/s1. The van der Waals surface area contributed by atoms with Gasteiger partial charge < -0.3 is 9.84 Å². The lowest BCUT2D eigenvalue weighted by molar-refractivity contribution is -0.384. The quantitative estimate of drug-likeness (QED) is 0.226. The predicted molar refractivity (Wildman–Crippen MR) is 138 cm³/mol. The molecule has 36 heavy (non-hydrogen) atoms. The SMILES string of the molecule is CSc1ccc([C@@H]2C(C(=O)OC(C)C)=C(C)N=c3s/c(=C\c4cc([N+](=O)[O-])ccc4O)c(=O)n32)cc1. The van der Waals surface area contributed by atoms with E-state index in [0.29, 0.717) is 16.1 Å². The second-order valence-electron chi connectivity index (χ2n) is 8.31. The summed E-state index contributed by atoms with van der Waals surface area (Å²) in [6.45, 7) is 5.19. The lowest BCUT2D eigenvalue weighted by atomic mass is 9.96. The molecule has 1 aromatic heterocycles. The average molecular weight is 526 g/mol. The van der Waals surface area contributed by atoms with Crippen LogP contribution >= 0.6 is 23.1 Å². The molecule has 1 aliphatic heterocycles. The van der Waals surface area contributed by atoms with E-state index in [2.05, 4.69) is 4.99 Å². The first-order valence-electron chi connectivity index (χ1n) is 11.0. The third-order valence-electron chi connectivity index (χ3n) is 5.52. The van der Waals surface area contributed by atoms with E-state index in [9.17, 15) is 24.8 Å². The number of phenols is 1. The molecule has 0 radical (unpaired) electrons. The first-order valence-corrected chi connectivity index (χ1v) is 13.0. The molecule has 1 N–H and O–H groups in total. The van der Waals surface area contributed by atoms with Gasteiger partial charge in [-0.25, -0.2) is 9.79 Å². The lowest BCUT2D eigenvalue weighted by Gasteiger charge is -2.25. The maximum Gasteiger partial charge on any atom is 0.338 e. The second kappa shape index (κ2) is 10.1. The number of fused-ring (bicyclic) bond motifs is 1. The van der Waals surface area contributed by atoms with E-state index < -0.39 is 22.5 Å². The van der Waals surface area contributed by atoms with Crippen molar-refractivity contribution in [3.05, 3.63) is 94.7 Å². The van der Waals surface area contributed by atoms with Crippen LogP contribution in [0.4, 0.5) is 5.69 Å². The van der Waals surface area contributed by atoms with Gasteiger partial charge in [0.05, 0.1) is 32.9 Å². The average Bonchev–Trinajstić information content (AvgIpc) is 3.13. The molecule has 1 atom stereocenters. The van der Waals surface area contributed by atoms with E-state index in [1.165, 1.54) is 28.8 Å². The van der Waals surface area contributed by atoms with Gasteiger partial charge in [-0.2, -0.15) is 0 Å². The molecule has 0 spiro atoms. The molecule has 0 saturated heterocycles. The smallest absolute Gasteiger partial charge is 0.338 e. The number of ether oxygens (including phenoxy) is 1. The summed E-state index contributed by atoms with van der Waals surface area (Å²) in [6.07, 6.45) is 2.99. The normalized spacial score (nSPS) is 15.6. The number of hydrogen-bond acceptors (Lipinski definition) is 9. The molecule has 1 aliphatic rings. The van der Waals surface area contributed by atoms with E-state index in [0.717, 1.165) is 16.2 Å². The van der Waals surface area contributed by atoms with Gasteiger partial charge in [0.2, 0.25) is 0 Å². The van der Waals surface area contributed by atoms with Crippen LogP contribution in [0.15, 0.2) is 68.4 Å². The van der Waals surface area contributed by atoms with Crippen molar-refractivity contribution in [1.82, 2.24) is 4.57 Å². The highest BCUT2D eigenvalue weighted by Gasteiger charge is 2.33. The number of benzene rings is 2. The molecule has 0 fully saturated rings. The number of nitro groups is 1. The van der Waals surface area contributed by atoms with Crippen LogP contribution in [-0.4, -0.2) is 32.9 Å². The predicted octanol–water partition coefficient (Wildman–Crippen LogP) is 3.52. The van der Waals surface area contributed by atoms with E-state index in [1.807, 2.05) is 30.5 Å². The van der Waals surface area contributed by atoms with Gasteiger partial charge in [-0.05, 0) is 56.9 Å². The molecule has 2 heterocycles. The molecule has 186 valence electrons. The highest BCUT2D eigenvalue weighted by Crippen LogP contribution is 2.32. The zero-order chi connectivity index (χ0) is 26.1. The number of thioether (sulfide) groups is 1. The number of carbonyl (C=O) groups is 1. The van der Waals surface area contributed by atoms with Crippen LogP contribution in [0, 0.1) is 10.1 Å². The van der Waals surface area contributed by atoms with Crippen molar-refractivity contribution in [3.8, 4) is 5.75 Å². The van der Waals surface area contributed by atoms with Crippen LogP contribution in [0.3, 0.4) is 0 Å². The summed E-state index contributed by atoms with van der Waals surface area (Å²) >= 11 is 2.65. The van der Waals surface area contributed by atoms with Crippen LogP contribution in [0.25, 0.3) is 6.08 Å². The monoisotopic (exact) mass is 525 g/mol. The summed E-state index contributed by atoms with van der Waals surface area (Å²) < 4.78 is 7.13. The molecule has 0 amide bonds. The van der Waals surface area contributed by atoms with Crippen LogP contribution in [0.2, 0.25) is 0 Å². The van der Waals surface area contributed by atoms with Crippen molar-refractivity contribution in [1.29, 1.82) is 0 Å². The Bertz CT molecular complexity index is 1570. The molecule has 0 bridgehead atoms. The van der Waals surface area contributed by atoms with Gasteiger partial charge in [-0.1, -0.05) is 23.5 Å². The van der Waals surface area contributed by atoms with Crippen molar-refractivity contribution in [2.45, 2.75) is 37.8 Å². The molecule has 0 unspecified atom stereocenters. The van der Waals surface area contributed by atoms with Gasteiger partial charge in [0, 0.05) is 22.6 Å². The lowest BCUT2D eigenvalue weighted by Crippen LogP contribution is -2.40. The third-order valence-corrected chi connectivity index (χ3v) is 7.25. The maximum atomic E-state index is 13.6. The molecule has 2 aromatic carbocycles. The number of phenolic OH excluding ortho intramolecular Hbond substituents is 1. The molecular formula is C25H23N3O6S2. The summed E-state index contributed by atoms with van der Waals surface area (Å²) in [6, 6.07) is 10.4. The van der Waals surface area contributed by atoms with Crippen molar-refractivity contribution in [3.63, 3.8) is 0 Å². The molecular weight excluding hydrogens is 502 g/mol. The third kappa shape index (κ3) is 4.84. The Morgan fingerprint density at radius 3 is 2.58 bits per heavy atom. The minimum Gasteiger partial charge on any atom is -0.507 e. The Morgan fingerprint density at radius 1 is 1.28 bits per heavy atom. The zero-order valence-corrected chi connectivity index (χ0v) is 21.6. The summed E-state index contributed by atoms with van der Waals surface area (Å²) in [4.78, 5) is 43.3. The van der Waals surface area contributed by atoms with Gasteiger partial charge in [-0.3, -0.25) is 19.5 Å². The highest BCUT2D eigenvalue weighted by atomic mass is 32.2. The van der Waals surface area contributed by atoms with Gasteiger partial charge in [0.15, 0.2) is 4.80 Å². The summed E-state index contributed by atoms with van der Waals surface area (Å²) in [5, 5.41) is 21.4. The van der Waals surface area contributed by atoms with E-state index in [1.54, 1.807) is 32.5 Å². The van der Waals surface area contributed by atoms with Crippen molar-refractivity contribution >= 4 is 40.8 Å². The Kier molecular flexibility index (Phi) is 7.14. The fraction of sp³-hybridized carbons (Fsp3) is 0.240. The second-order valence-corrected chi connectivity index (χ2v) is 10.2. The summed E-state index contributed by atoms with van der Waals surface area (Å²) in [7, 11) is 0. The largest absolute Gasteiger partial charge is 0.507 e. The van der Waals surface area contributed by atoms with E-state index in [-0.39, 0.29) is 33.2 Å². The first kappa shape index (κ1) is 25.4. The number of esters is 1. The first-order chi connectivity index (χ1) is 17.1. The number of carbonyl (C=O) groups excluding carboxylic acids is 1. The van der Waals surface area contributed by atoms with E-state index >= 15 is 0 Å². The number of non-ortho nitro benzene ring substituents is 1. The van der Waals surface area contributed by atoms with Crippen LogP contribution in [-0.2, 0) is 9.53 Å². The minimum absolute atomic E-state index is 0.130. The highest BCUT2D eigenvalue weighted by molar-refractivity contribution is 7.98. The molecule has 3 aromatic rings. The Morgan fingerprint density at radius 2 is 1.97 bits per heavy atom.